The zero-order valence-corrected chi connectivity index (χ0v) is 55.1. The molecule has 0 saturated carbocycles. The lowest BCUT2D eigenvalue weighted by atomic mass is 9.49. The summed E-state index contributed by atoms with van der Waals surface area (Å²) in [5.74, 6) is 0. The van der Waals surface area contributed by atoms with Gasteiger partial charge in [-0.05, 0) is 148 Å². The Kier molecular flexibility index (Phi) is 19.5. The molecule has 0 amide bonds. The van der Waals surface area contributed by atoms with Gasteiger partial charge < -0.3 is 45.6 Å². The van der Waals surface area contributed by atoms with Crippen molar-refractivity contribution in [1.82, 2.24) is 0 Å². The Morgan fingerprint density at radius 2 is 0.512 bits per heavy atom. The highest BCUT2D eigenvalue weighted by molar-refractivity contribution is 14.1. The monoisotopic (exact) mass is 1270 g/mol. The van der Waals surface area contributed by atoms with Gasteiger partial charge in [-0.3, -0.25) is 0 Å². The van der Waals surface area contributed by atoms with Crippen molar-refractivity contribution in [2.45, 2.75) is 157 Å². The van der Waals surface area contributed by atoms with Crippen LogP contribution >= 0.6 is 22.6 Å². The molecule has 0 aliphatic carbocycles. The largest absolute Gasteiger partial charge is 0.498 e. The van der Waals surface area contributed by atoms with Gasteiger partial charge in [-0.15, -0.1) is 0 Å². The van der Waals surface area contributed by atoms with E-state index in [1.165, 1.54) is 45.2 Å². The summed E-state index contributed by atoms with van der Waals surface area (Å²) in [4.78, 5) is 0. The molecule has 8 aromatic carbocycles. The second-order valence-electron chi connectivity index (χ2n) is 25.0. The highest BCUT2D eigenvalue weighted by Gasteiger charge is 2.64. The van der Waals surface area contributed by atoms with Crippen LogP contribution in [0.15, 0.2) is 200 Å². The standard InChI is InChI=1S/C18H19BO3.C12H24B2O4.C12H7IO.2C12H8O.2C3H8/c1-17(2)18(3,4)22-19(21-17)14-10-7-9-13-12-8-5-6-11-15(12)20-16(13)14;1-9(2)10(3,4)16-13(15-9)14-17-11(5,6)12(7,8)18-14;13-10-6-3-5-9-8-4-1-2-7-11(8)14-12(9)10;2*1-3-7-11-9(5-1)10-6-2-4-8-12(10)13-11;2*1-3-2/h5-11H,1-4H3;1-8H3;1-7H;2*1-8H;2*3H2,1-2H3. The molecule has 0 unspecified atom stereocenters. The van der Waals surface area contributed by atoms with E-state index in [0.717, 1.165) is 64.5 Å². The topological polar surface area (TPSA) is 108 Å². The molecule has 3 fully saturated rings. The van der Waals surface area contributed by atoms with Gasteiger partial charge in [0.1, 0.15) is 44.7 Å². The summed E-state index contributed by atoms with van der Waals surface area (Å²) in [7, 11) is -1.36. The van der Waals surface area contributed by atoms with Gasteiger partial charge in [0, 0.05) is 48.6 Å². The molecule has 3 saturated heterocycles. The van der Waals surface area contributed by atoms with E-state index in [4.69, 9.17) is 45.6 Å². The first-order valence-electron chi connectivity index (χ1n) is 30.1. The Hall–Kier alpha value is -6.36. The van der Waals surface area contributed by atoms with Crippen LogP contribution in [0.4, 0.5) is 0 Å². The Morgan fingerprint density at radius 1 is 0.279 bits per heavy atom. The average molecular weight is 1270 g/mol. The average Bonchev–Trinajstić information content (AvgIpc) is 1.96. The number of rotatable bonds is 2. The lowest BCUT2D eigenvalue weighted by Crippen LogP contribution is -2.41. The first-order chi connectivity index (χ1) is 40.9. The van der Waals surface area contributed by atoms with Crippen molar-refractivity contribution in [1.29, 1.82) is 0 Å². The molecule has 0 bridgehead atoms. The molecule has 3 aliphatic rings. The van der Waals surface area contributed by atoms with Crippen LogP contribution in [0.2, 0.25) is 0 Å². The van der Waals surface area contributed by atoms with Gasteiger partial charge >= 0.3 is 21.1 Å². The van der Waals surface area contributed by atoms with Crippen molar-refractivity contribution < 1.29 is 45.6 Å². The minimum absolute atomic E-state index is 0.355. The van der Waals surface area contributed by atoms with E-state index in [0.29, 0.717) is 0 Å². The quantitative estimate of drug-likeness (QED) is 0.123. The van der Waals surface area contributed by atoms with Crippen LogP contribution in [0, 0.1) is 3.57 Å². The van der Waals surface area contributed by atoms with E-state index in [9.17, 15) is 0 Å². The zero-order valence-electron chi connectivity index (χ0n) is 52.9. The summed E-state index contributed by atoms with van der Waals surface area (Å²) in [5.41, 5.74) is 6.35. The molecule has 0 N–H and O–H groups in total. The third kappa shape index (κ3) is 13.4. The molecule has 14 heteroatoms. The molecule has 3 aliphatic heterocycles. The van der Waals surface area contributed by atoms with Gasteiger partial charge in [-0.2, -0.15) is 0 Å². The fraction of sp³-hybridized carbons (Fsp3) is 0.333. The first-order valence-corrected chi connectivity index (χ1v) is 31.2. The van der Waals surface area contributed by atoms with Gasteiger partial charge in [0.2, 0.25) is 0 Å². The Morgan fingerprint density at radius 3 is 0.837 bits per heavy atom. The molecular formula is C72H82B3IO10. The Bertz CT molecular complexity index is 3930. The van der Waals surface area contributed by atoms with Crippen molar-refractivity contribution in [2.75, 3.05) is 0 Å². The number of furan rings is 4. The van der Waals surface area contributed by atoms with Crippen molar-refractivity contribution in [3.8, 4) is 0 Å². The second kappa shape index (κ2) is 26.2. The fourth-order valence-electron chi connectivity index (χ4n) is 9.99. The number of para-hydroxylation sites is 8. The smallest absolute Gasteiger partial charge is 0.456 e. The molecule has 12 aromatic rings. The van der Waals surface area contributed by atoms with Crippen LogP contribution in [-0.2, 0) is 27.9 Å². The van der Waals surface area contributed by atoms with Crippen molar-refractivity contribution in [3.63, 3.8) is 0 Å². The van der Waals surface area contributed by atoms with Crippen LogP contribution in [0.25, 0.3) is 87.8 Å². The maximum absolute atomic E-state index is 6.17. The molecule has 0 atom stereocenters. The number of halogens is 1. The lowest BCUT2D eigenvalue weighted by molar-refractivity contribution is 0.00578. The molecular weight excluding hydrogens is 1180 g/mol. The van der Waals surface area contributed by atoms with Crippen molar-refractivity contribution in [3.05, 3.63) is 186 Å². The highest BCUT2D eigenvalue weighted by atomic mass is 127. The van der Waals surface area contributed by atoms with Crippen molar-refractivity contribution >= 4 is 137 Å². The molecule has 7 heterocycles. The predicted octanol–water partition coefficient (Wildman–Crippen LogP) is 20.3. The molecule has 0 radical (unpaired) electrons. The molecule has 86 heavy (non-hydrogen) atoms. The van der Waals surface area contributed by atoms with E-state index in [1.54, 1.807) is 0 Å². The summed E-state index contributed by atoms with van der Waals surface area (Å²) in [6.07, 6.45) is 2.50. The molecule has 4 aromatic heterocycles. The van der Waals surface area contributed by atoms with Crippen LogP contribution in [0.1, 0.15) is 124 Å². The number of hydrogen-bond donors (Lipinski definition) is 0. The molecule has 446 valence electrons. The SMILES string of the molecule is CC1(C)OB(B2OC(C)(C)C(C)(C)O2)OC1(C)C.CC1(C)OB(c2cccc3c2oc2ccccc23)OC1(C)C.CCC.CCC.Ic1cccc2c1oc1ccccc12.c1ccc2c(c1)oc1ccccc12.c1ccc2c(c1)oc1ccccc12. The van der Waals surface area contributed by atoms with Gasteiger partial charge in [-0.1, -0.05) is 180 Å². The van der Waals surface area contributed by atoms with E-state index in [-0.39, 0.29) is 33.6 Å². The summed E-state index contributed by atoms with van der Waals surface area (Å²) in [6.45, 7) is 33.0. The first kappa shape index (κ1) is 64.1. The number of benzene rings is 8. The number of hydrogen-bond acceptors (Lipinski definition) is 10. The summed E-state index contributed by atoms with van der Waals surface area (Å²) < 4.78 is 60.5. The van der Waals surface area contributed by atoms with Gasteiger partial charge in [0.25, 0.3) is 0 Å². The maximum atomic E-state index is 6.17. The van der Waals surface area contributed by atoms with Crippen LogP contribution in [-0.4, -0.2) is 54.7 Å². The van der Waals surface area contributed by atoms with E-state index < -0.39 is 21.1 Å². The van der Waals surface area contributed by atoms with Gasteiger partial charge in [-0.25, -0.2) is 0 Å². The predicted molar refractivity (Wildman–Crippen MR) is 367 cm³/mol. The van der Waals surface area contributed by atoms with Crippen LogP contribution < -0.4 is 5.46 Å². The third-order valence-electron chi connectivity index (χ3n) is 16.6. The Labute approximate surface area is 522 Å². The third-order valence-corrected chi connectivity index (χ3v) is 17.5. The van der Waals surface area contributed by atoms with Crippen LogP contribution in [0.5, 0.6) is 0 Å². The summed E-state index contributed by atoms with van der Waals surface area (Å²) in [5, 5.41) is 9.39. The van der Waals surface area contributed by atoms with Gasteiger partial charge in [0.05, 0.1) is 37.2 Å². The Balaban J connectivity index is 0.000000127. The molecule has 0 spiro atoms. The number of fused-ring (bicyclic) bond motifs is 12. The minimum atomic E-state index is -0.476. The van der Waals surface area contributed by atoms with Crippen LogP contribution in [0.3, 0.4) is 0 Å². The summed E-state index contributed by atoms with van der Waals surface area (Å²) in [6, 6.07) is 61.0. The normalized spacial score (nSPS) is 17.4. The highest BCUT2D eigenvalue weighted by Crippen LogP contribution is 2.44. The van der Waals surface area contributed by atoms with Gasteiger partial charge in [0.15, 0.2) is 0 Å². The van der Waals surface area contributed by atoms with E-state index in [2.05, 4.69) is 139 Å². The zero-order chi connectivity index (χ0) is 61.8. The lowest BCUT2D eigenvalue weighted by Gasteiger charge is -2.32. The summed E-state index contributed by atoms with van der Waals surface area (Å²) >= 11 is 2.30. The fourth-order valence-corrected chi connectivity index (χ4v) is 10.6. The van der Waals surface area contributed by atoms with E-state index >= 15 is 0 Å². The second-order valence-corrected chi connectivity index (χ2v) is 26.1. The van der Waals surface area contributed by atoms with E-state index in [1.807, 2.05) is 177 Å². The molecule has 10 nitrogen and oxygen atoms in total. The molecule has 15 rings (SSSR count). The maximum Gasteiger partial charge on any atom is 0.498 e. The van der Waals surface area contributed by atoms with Crippen molar-refractivity contribution in [2.24, 2.45) is 0 Å². The minimum Gasteiger partial charge on any atom is -0.456 e.